The number of ether oxygens (including phenoxy) is 3. The lowest BCUT2D eigenvalue weighted by Crippen LogP contribution is -2.00. The minimum Gasteiger partial charge on any atom is -0.495 e. The molecule has 0 bridgehead atoms. The normalized spacial score (nSPS) is 10.1. The third-order valence-corrected chi connectivity index (χ3v) is 3.49. The highest BCUT2D eigenvalue weighted by atomic mass is 16.5. The molecule has 0 atom stereocenters. The summed E-state index contributed by atoms with van der Waals surface area (Å²) in [5.74, 6) is 2.15. The van der Waals surface area contributed by atoms with Crippen molar-refractivity contribution in [3.63, 3.8) is 0 Å². The summed E-state index contributed by atoms with van der Waals surface area (Å²) in [6.45, 7) is 4.14. The van der Waals surface area contributed by atoms with Gasteiger partial charge in [0.2, 0.25) is 0 Å². The summed E-state index contributed by atoms with van der Waals surface area (Å²) in [4.78, 5) is 0. The molecule has 21 heavy (non-hydrogen) atoms. The lowest BCUT2D eigenvalue weighted by molar-refractivity contribution is 0.356. The van der Waals surface area contributed by atoms with Crippen LogP contribution in [0.15, 0.2) is 30.3 Å². The molecule has 2 rings (SSSR count). The van der Waals surface area contributed by atoms with Gasteiger partial charge in [-0.05, 0) is 49.2 Å². The van der Waals surface area contributed by atoms with Crippen molar-refractivity contribution in [1.29, 1.82) is 0 Å². The fraction of sp³-hybridized carbons (Fsp3) is 0.294. The van der Waals surface area contributed by atoms with E-state index >= 15 is 0 Å². The van der Waals surface area contributed by atoms with E-state index < -0.39 is 0 Å². The Kier molecular flexibility index (Phi) is 4.58. The van der Waals surface area contributed by atoms with Crippen LogP contribution in [0.1, 0.15) is 11.1 Å². The maximum Gasteiger partial charge on any atom is 0.184 e. The second-order valence-corrected chi connectivity index (χ2v) is 4.80. The van der Waals surface area contributed by atoms with Crippen LogP contribution in [0.2, 0.25) is 0 Å². The number of methoxy groups -OCH3 is 3. The number of nitrogens with one attached hydrogen (secondary N) is 1. The first-order chi connectivity index (χ1) is 10.1. The smallest absolute Gasteiger partial charge is 0.184 e. The molecule has 0 fully saturated rings. The largest absolute Gasteiger partial charge is 0.495 e. The molecule has 0 radical (unpaired) electrons. The first-order valence-electron chi connectivity index (χ1n) is 6.74. The predicted octanol–water partition coefficient (Wildman–Crippen LogP) is 4.07. The Hall–Kier alpha value is -2.36. The lowest BCUT2D eigenvalue weighted by Gasteiger charge is -2.17. The summed E-state index contributed by atoms with van der Waals surface area (Å²) in [6, 6.07) is 9.80. The van der Waals surface area contributed by atoms with Crippen LogP contribution in [0.5, 0.6) is 17.2 Å². The van der Waals surface area contributed by atoms with E-state index in [1.807, 2.05) is 24.3 Å². The zero-order chi connectivity index (χ0) is 15.4. The Labute approximate surface area is 125 Å². The molecule has 0 aliphatic carbocycles. The van der Waals surface area contributed by atoms with Crippen molar-refractivity contribution < 1.29 is 14.2 Å². The van der Waals surface area contributed by atoms with Crippen LogP contribution in [0, 0.1) is 13.8 Å². The topological polar surface area (TPSA) is 39.7 Å². The Morgan fingerprint density at radius 3 is 2.05 bits per heavy atom. The molecule has 0 saturated heterocycles. The van der Waals surface area contributed by atoms with E-state index in [1.54, 1.807) is 21.3 Å². The number of rotatable bonds is 5. The molecular weight excluding hydrogens is 266 g/mol. The summed E-state index contributed by atoms with van der Waals surface area (Å²) in [7, 11) is 4.91. The van der Waals surface area contributed by atoms with Crippen molar-refractivity contribution >= 4 is 11.4 Å². The fourth-order valence-corrected chi connectivity index (χ4v) is 2.19. The van der Waals surface area contributed by atoms with Gasteiger partial charge in [-0.25, -0.2) is 0 Å². The molecule has 1 N–H and O–H groups in total. The van der Waals surface area contributed by atoms with Crippen LogP contribution in [0.3, 0.4) is 0 Å². The van der Waals surface area contributed by atoms with E-state index in [2.05, 4.69) is 25.2 Å². The zero-order valence-corrected chi connectivity index (χ0v) is 13.1. The SMILES string of the molecule is COc1cc(C)c(C)cc1Nc1cccc(OC)c1OC. The van der Waals surface area contributed by atoms with Crippen molar-refractivity contribution in [1.82, 2.24) is 0 Å². The number of hydrogen-bond acceptors (Lipinski definition) is 4. The van der Waals surface area contributed by atoms with Crippen LogP contribution in [-0.2, 0) is 0 Å². The molecule has 2 aromatic rings. The number of hydrogen-bond donors (Lipinski definition) is 1. The van der Waals surface area contributed by atoms with Crippen LogP contribution in [0.25, 0.3) is 0 Å². The molecule has 0 heterocycles. The van der Waals surface area contributed by atoms with Gasteiger partial charge in [0.15, 0.2) is 11.5 Å². The summed E-state index contributed by atoms with van der Waals surface area (Å²) in [5.41, 5.74) is 4.11. The molecule has 2 aromatic carbocycles. The van der Waals surface area contributed by atoms with Gasteiger partial charge < -0.3 is 19.5 Å². The number of anilines is 2. The average Bonchev–Trinajstić information content (AvgIpc) is 2.50. The molecule has 0 spiro atoms. The van der Waals surface area contributed by atoms with E-state index in [-0.39, 0.29) is 0 Å². The highest BCUT2D eigenvalue weighted by molar-refractivity contribution is 5.74. The van der Waals surface area contributed by atoms with Gasteiger partial charge in [-0.15, -0.1) is 0 Å². The Balaban J connectivity index is 2.45. The molecule has 4 nitrogen and oxygen atoms in total. The summed E-state index contributed by atoms with van der Waals surface area (Å²) in [6.07, 6.45) is 0. The van der Waals surface area contributed by atoms with Crippen LogP contribution in [0.4, 0.5) is 11.4 Å². The van der Waals surface area contributed by atoms with Gasteiger partial charge in [0.1, 0.15) is 5.75 Å². The van der Waals surface area contributed by atoms with E-state index in [1.165, 1.54) is 11.1 Å². The quantitative estimate of drug-likeness (QED) is 0.899. The minimum absolute atomic E-state index is 0.667. The third kappa shape index (κ3) is 3.05. The molecule has 112 valence electrons. The monoisotopic (exact) mass is 287 g/mol. The van der Waals surface area contributed by atoms with Crippen molar-refractivity contribution in [3.05, 3.63) is 41.5 Å². The van der Waals surface area contributed by atoms with Crippen LogP contribution >= 0.6 is 0 Å². The van der Waals surface area contributed by atoms with E-state index in [9.17, 15) is 0 Å². The number of aryl methyl sites for hydroxylation is 2. The summed E-state index contributed by atoms with van der Waals surface area (Å²) < 4.78 is 16.2. The highest BCUT2D eigenvalue weighted by Gasteiger charge is 2.12. The first kappa shape index (κ1) is 15.0. The summed E-state index contributed by atoms with van der Waals surface area (Å²) in [5, 5.41) is 3.36. The van der Waals surface area contributed by atoms with Crippen molar-refractivity contribution in [2.45, 2.75) is 13.8 Å². The van der Waals surface area contributed by atoms with Gasteiger partial charge >= 0.3 is 0 Å². The van der Waals surface area contributed by atoms with Gasteiger partial charge in [-0.3, -0.25) is 0 Å². The number of benzene rings is 2. The molecule has 4 heteroatoms. The molecule has 0 aliphatic rings. The first-order valence-corrected chi connectivity index (χ1v) is 6.74. The molecule has 0 unspecified atom stereocenters. The maximum atomic E-state index is 5.45. The Morgan fingerprint density at radius 1 is 0.762 bits per heavy atom. The number of para-hydroxylation sites is 1. The Morgan fingerprint density at radius 2 is 1.43 bits per heavy atom. The van der Waals surface area contributed by atoms with Gasteiger partial charge in [-0.1, -0.05) is 6.07 Å². The molecule has 0 saturated carbocycles. The predicted molar refractivity (Wildman–Crippen MR) is 85.3 cm³/mol. The lowest BCUT2D eigenvalue weighted by atomic mass is 10.1. The second kappa shape index (κ2) is 6.39. The standard InChI is InChI=1S/C17H21NO3/c1-11-9-14(16(20-4)10-12(11)2)18-13-7-6-8-15(19-3)17(13)21-5/h6-10,18H,1-5H3. The summed E-state index contributed by atoms with van der Waals surface area (Å²) >= 11 is 0. The van der Waals surface area contributed by atoms with Gasteiger partial charge in [-0.2, -0.15) is 0 Å². The van der Waals surface area contributed by atoms with E-state index in [0.29, 0.717) is 11.5 Å². The van der Waals surface area contributed by atoms with E-state index in [0.717, 1.165) is 17.1 Å². The van der Waals surface area contributed by atoms with Crippen LogP contribution < -0.4 is 19.5 Å². The van der Waals surface area contributed by atoms with Gasteiger partial charge in [0, 0.05) is 0 Å². The highest BCUT2D eigenvalue weighted by Crippen LogP contribution is 2.39. The van der Waals surface area contributed by atoms with Gasteiger partial charge in [0.25, 0.3) is 0 Å². The minimum atomic E-state index is 0.667. The average molecular weight is 287 g/mol. The fourth-order valence-electron chi connectivity index (χ4n) is 2.19. The van der Waals surface area contributed by atoms with Crippen molar-refractivity contribution in [2.24, 2.45) is 0 Å². The Bertz CT molecular complexity index is 638. The molecular formula is C17H21NO3. The van der Waals surface area contributed by atoms with Crippen molar-refractivity contribution in [3.8, 4) is 17.2 Å². The maximum absolute atomic E-state index is 5.45. The molecule has 0 aliphatic heterocycles. The zero-order valence-electron chi connectivity index (χ0n) is 13.1. The van der Waals surface area contributed by atoms with Gasteiger partial charge in [0.05, 0.1) is 32.7 Å². The molecule has 0 amide bonds. The second-order valence-electron chi connectivity index (χ2n) is 4.80. The van der Waals surface area contributed by atoms with Crippen molar-refractivity contribution in [2.75, 3.05) is 26.6 Å². The third-order valence-electron chi connectivity index (χ3n) is 3.49. The van der Waals surface area contributed by atoms with E-state index in [4.69, 9.17) is 14.2 Å². The molecule has 0 aromatic heterocycles. The van der Waals surface area contributed by atoms with Crippen LogP contribution in [-0.4, -0.2) is 21.3 Å².